The minimum Gasteiger partial charge on any atom is -0.495 e. The summed E-state index contributed by atoms with van der Waals surface area (Å²) < 4.78 is 33.4. The van der Waals surface area contributed by atoms with Crippen LogP contribution in [0.25, 0.3) is 0 Å². The summed E-state index contributed by atoms with van der Waals surface area (Å²) in [4.78, 5) is 28.3. The average Bonchev–Trinajstić information content (AvgIpc) is 2.79. The lowest BCUT2D eigenvalue weighted by atomic mass is 10.1. The molecule has 2 aromatic rings. The fourth-order valence-corrected chi connectivity index (χ4v) is 4.36. The molecule has 1 heterocycles. The molecule has 0 aromatic heterocycles. The van der Waals surface area contributed by atoms with Crippen LogP contribution in [0.3, 0.4) is 0 Å². The average molecular weight is 461 g/mol. The van der Waals surface area contributed by atoms with Gasteiger partial charge in [-0.15, -0.1) is 0 Å². The molecule has 0 spiro atoms. The standard InChI is InChI=1S/C22H28N4O5S/c1-4-21(27)23-19-15-18(9-10-20(19)31-3)32(29,30)24-17-7-5-16(6-8-17)22(28)26-13-11-25(2)12-14-26/h5-10,15,24H,4,11-14H2,1-3H3,(H,23,27). The van der Waals surface area contributed by atoms with Gasteiger partial charge in [-0.2, -0.15) is 0 Å². The summed E-state index contributed by atoms with van der Waals surface area (Å²) in [5.41, 5.74) is 1.11. The van der Waals surface area contributed by atoms with E-state index >= 15 is 0 Å². The van der Waals surface area contributed by atoms with E-state index in [1.807, 2.05) is 7.05 Å². The zero-order chi connectivity index (χ0) is 23.3. The number of sulfonamides is 1. The van der Waals surface area contributed by atoms with Crippen molar-refractivity contribution < 1.29 is 22.7 Å². The number of hydrogen-bond donors (Lipinski definition) is 2. The third-order valence-electron chi connectivity index (χ3n) is 5.25. The predicted octanol–water partition coefficient (Wildman–Crippen LogP) is 2.23. The number of carbonyl (C=O) groups is 2. The topological polar surface area (TPSA) is 108 Å². The van der Waals surface area contributed by atoms with E-state index < -0.39 is 10.0 Å². The summed E-state index contributed by atoms with van der Waals surface area (Å²) in [7, 11) is -0.462. The van der Waals surface area contributed by atoms with Crippen molar-refractivity contribution in [2.45, 2.75) is 18.2 Å². The highest BCUT2D eigenvalue weighted by molar-refractivity contribution is 7.92. The number of benzene rings is 2. The van der Waals surface area contributed by atoms with Crippen molar-refractivity contribution in [3.63, 3.8) is 0 Å². The molecule has 0 radical (unpaired) electrons. The number of anilines is 2. The van der Waals surface area contributed by atoms with Crippen LogP contribution in [0.1, 0.15) is 23.7 Å². The molecule has 10 heteroatoms. The van der Waals surface area contributed by atoms with Gasteiger partial charge in [0.25, 0.3) is 15.9 Å². The maximum atomic E-state index is 12.9. The van der Waals surface area contributed by atoms with Crippen LogP contribution in [0.4, 0.5) is 11.4 Å². The van der Waals surface area contributed by atoms with Crippen LogP contribution >= 0.6 is 0 Å². The Bertz CT molecular complexity index is 1080. The molecule has 3 rings (SSSR count). The second-order valence-corrected chi connectivity index (χ2v) is 9.22. The molecule has 1 fully saturated rings. The van der Waals surface area contributed by atoms with Crippen LogP contribution in [0.2, 0.25) is 0 Å². The number of hydrogen-bond acceptors (Lipinski definition) is 6. The van der Waals surface area contributed by atoms with E-state index in [1.54, 1.807) is 36.1 Å². The first-order chi connectivity index (χ1) is 15.2. The summed E-state index contributed by atoms with van der Waals surface area (Å²) in [6.07, 6.45) is 0.248. The number of nitrogens with zero attached hydrogens (tertiary/aromatic N) is 2. The molecule has 32 heavy (non-hydrogen) atoms. The van der Waals surface area contributed by atoms with Crippen molar-refractivity contribution >= 4 is 33.2 Å². The minimum absolute atomic E-state index is 0.0257. The minimum atomic E-state index is -3.92. The van der Waals surface area contributed by atoms with Crippen LogP contribution in [0, 0.1) is 0 Å². The van der Waals surface area contributed by atoms with Gasteiger partial charge < -0.3 is 19.9 Å². The highest BCUT2D eigenvalue weighted by Gasteiger charge is 2.21. The SMILES string of the molecule is CCC(=O)Nc1cc(S(=O)(=O)Nc2ccc(C(=O)N3CCN(C)CC3)cc2)ccc1OC. The third kappa shape index (κ3) is 5.57. The molecule has 1 aliphatic heterocycles. The number of rotatable bonds is 7. The van der Waals surface area contributed by atoms with Crippen molar-refractivity contribution in [3.05, 3.63) is 48.0 Å². The Balaban J connectivity index is 1.74. The van der Waals surface area contributed by atoms with E-state index in [0.717, 1.165) is 13.1 Å². The molecule has 1 aliphatic rings. The Labute approximate surface area is 188 Å². The molecule has 0 saturated carbocycles. The van der Waals surface area contributed by atoms with Gasteiger partial charge >= 0.3 is 0 Å². The highest BCUT2D eigenvalue weighted by Crippen LogP contribution is 2.28. The largest absolute Gasteiger partial charge is 0.495 e. The molecule has 0 atom stereocenters. The molecule has 2 aromatic carbocycles. The Kier molecular flexibility index (Phi) is 7.37. The third-order valence-corrected chi connectivity index (χ3v) is 6.63. The van der Waals surface area contributed by atoms with Gasteiger partial charge in [0, 0.05) is 43.9 Å². The van der Waals surface area contributed by atoms with Crippen molar-refractivity contribution in [3.8, 4) is 5.75 Å². The fraction of sp³-hybridized carbons (Fsp3) is 0.364. The fourth-order valence-electron chi connectivity index (χ4n) is 3.28. The van der Waals surface area contributed by atoms with Crippen molar-refractivity contribution in [2.75, 3.05) is 50.4 Å². The van der Waals surface area contributed by atoms with Crippen molar-refractivity contribution in [1.82, 2.24) is 9.80 Å². The van der Waals surface area contributed by atoms with Gasteiger partial charge in [0.15, 0.2) is 0 Å². The summed E-state index contributed by atoms with van der Waals surface area (Å²) in [6.45, 7) is 4.68. The van der Waals surface area contributed by atoms with Gasteiger partial charge in [0.05, 0.1) is 17.7 Å². The van der Waals surface area contributed by atoms with E-state index in [0.29, 0.717) is 30.1 Å². The van der Waals surface area contributed by atoms with E-state index in [4.69, 9.17) is 4.74 Å². The summed E-state index contributed by atoms with van der Waals surface area (Å²) in [5, 5.41) is 2.64. The van der Waals surface area contributed by atoms with Gasteiger partial charge in [0.1, 0.15) is 5.75 Å². The second kappa shape index (κ2) is 10.0. The monoisotopic (exact) mass is 460 g/mol. The summed E-state index contributed by atoms with van der Waals surface area (Å²) in [5.74, 6) is 0.0305. The van der Waals surface area contributed by atoms with Crippen LogP contribution in [-0.4, -0.2) is 70.4 Å². The van der Waals surface area contributed by atoms with Gasteiger partial charge in [-0.25, -0.2) is 8.42 Å². The Morgan fingerprint density at radius 2 is 1.69 bits per heavy atom. The Morgan fingerprint density at radius 1 is 1.03 bits per heavy atom. The number of carbonyl (C=O) groups excluding carboxylic acids is 2. The lowest BCUT2D eigenvalue weighted by Gasteiger charge is -2.32. The molecule has 172 valence electrons. The molecule has 0 unspecified atom stereocenters. The molecule has 0 bridgehead atoms. The zero-order valence-electron chi connectivity index (χ0n) is 18.4. The first-order valence-corrected chi connectivity index (χ1v) is 11.8. The molecular formula is C22H28N4O5S. The quantitative estimate of drug-likeness (QED) is 0.656. The Morgan fingerprint density at radius 3 is 2.28 bits per heavy atom. The van der Waals surface area contributed by atoms with Crippen molar-refractivity contribution in [2.24, 2.45) is 0 Å². The van der Waals surface area contributed by atoms with E-state index in [9.17, 15) is 18.0 Å². The molecule has 1 saturated heterocycles. The highest BCUT2D eigenvalue weighted by atomic mass is 32.2. The second-order valence-electron chi connectivity index (χ2n) is 7.54. The van der Waals surface area contributed by atoms with Crippen LogP contribution in [-0.2, 0) is 14.8 Å². The maximum absolute atomic E-state index is 12.9. The number of ether oxygens (including phenoxy) is 1. The normalized spacial score (nSPS) is 14.7. The first-order valence-electron chi connectivity index (χ1n) is 10.3. The smallest absolute Gasteiger partial charge is 0.261 e. The van der Waals surface area contributed by atoms with Crippen LogP contribution in [0.5, 0.6) is 5.75 Å². The van der Waals surface area contributed by atoms with Gasteiger partial charge in [-0.1, -0.05) is 6.92 Å². The maximum Gasteiger partial charge on any atom is 0.261 e. The van der Waals surface area contributed by atoms with Gasteiger partial charge in [0.2, 0.25) is 5.91 Å². The number of amides is 2. The number of likely N-dealkylation sites (N-methyl/N-ethyl adjacent to an activating group) is 1. The lowest BCUT2D eigenvalue weighted by molar-refractivity contribution is -0.115. The molecule has 9 nitrogen and oxygen atoms in total. The summed E-state index contributed by atoms with van der Waals surface area (Å²) in [6, 6.07) is 10.6. The summed E-state index contributed by atoms with van der Waals surface area (Å²) >= 11 is 0. The van der Waals surface area contributed by atoms with Gasteiger partial charge in [-0.3, -0.25) is 14.3 Å². The Hall–Kier alpha value is -3.11. The molecule has 2 N–H and O–H groups in total. The van der Waals surface area contributed by atoms with Crippen LogP contribution < -0.4 is 14.8 Å². The molecule has 2 amide bonds. The number of piperazine rings is 1. The zero-order valence-corrected chi connectivity index (χ0v) is 19.2. The van der Waals surface area contributed by atoms with Crippen molar-refractivity contribution in [1.29, 1.82) is 0 Å². The van der Waals surface area contributed by atoms with Crippen LogP contribution in [0.15, 0.2) is 47.4 Å². The van der Waals surface area contributed by atoms with Gasteiger partial charge in [-0.05, 0) is 49.5 Å². The van der Waals surface area contributed by atoms with E-state index in [1.165, 1.54) is 25.3 Å². The van der Waals surface area contributed by atoms with E-state index in [2.05, 4.69) is 14.9 Å². The number of nitrogens with one attached hydrogen (secondary N) is 2. The predicted molar refractivity (Wildman–Crippen MR) is 123 cm³/mol. The first kappa shape index (κ1) is 23.6. The number of methoxy groups -OCH3 is 1. The molecule has 0 aliphatic carbocycles. The van der Waals surface area contributed by atoms with E-state index in [-0.39, 0.29) is 28.8 Å². The lowest BCUT2D eigenvalue weighted by Crippen LogP contribution is -2.47. The molecular weight excluding hydrogens is 432 g/mol.